The number of hydrogen-bond donors (Lipinski definition) is 2. The molecule has 1 amide bonds. The fourth-order valence-electron chi connectivity index (χ4n) is 2.56. The third-order valence-corrected chi connectivity index (χ3v) is 4.08. The van der Waals surface area contributed by atoms with E-state index in [2.05, 4.69) is 25.6 Å². The van der Waals surface area contributed by atoms with Crippen molar-refractivity contribution >= 4 is 22.8 Å². The van der Waals surface area contributed by atoms with Crippen molar-refractivity contribution in [1.82, 2.24) is 24.8 Å². The maximum Gasteiger partial charge on any atom is 0.232 e. The lowest BCUT2D eigenvalue weighted by atomic mass is 10.0. The number of carbonyl (C=O) groups is 1. The highest BCUT2D eigenvalue weighted by Gasteiger charge is 2.25. The first-order valence-corrected chi connectivity index (χ1v) is 7.46. The third kappa shape index (κ3) is 2.55. The van der Waals surface area contributed by atoms with E-state index < -0.39 is 0 Å². The Kier molecular flexibility index (Phi) is 3.27. The number of rotatable bonds is 3. The number of imidazole rings is 1. The zero-order valence-corrected chi connectivity index (χ0v) is 12.7. The Morgan fingerprint density at radius 3 is 2.91 bits per heavy atom. The first-order chi connectivity index (χ1) is 11.2. The van der Waals surface area contributed by atoms with Crippen molar-refractivity contribution in [2.24, 2.45) is 13.0 Å². The molecule has 1 aliphatic heterocycles. The number of hydrogen-bond acceptors (Lipinski definition) is 5. The summed E-state index contributed by atoms with van der Waals surface area (Å²) in [4.78, 5) is 24.8. The number of nitrogens with zero attached hydrogens (tertiary/aromatic N) is 4. The van der Waals surface area contributed by atoms with Crippen LogP contribution in [0, 0.1) is 5.92 Å². The summed E-state index contributed by atoms with van der Waals surface area (Å²) in [7, 11) is 1.95. The molecule has 0 bridgehead atoms. The summed E-state index contributed by atoms with van der Waals surface area (Å²) in [6.45, 7) is 1.42. The molecule has 3 heterocycles. The van der Waals surface area contributed by atoms with E-state index in [1.807, 2.05) is 36.0 Å². The molecule has 0 atom stereocenters. The normalized spacial score (nSPS) is 14.7. The highest BCUT2D eigenvalue weighted by atomic mass is 16.2. The van der Waals surface area contributed by atoms with E-state index in [4.69, 9.17) is 0 Å². The first-order valence-electron chi connectivity index (χ1n) is 7.46. The average molecular weight is 308 g/mol. The smallest absolute Gasteiger partial charge is 0.232 e. The van der Waals surface area contributed by atoms with Crippen LogP contribution in [0.2, 0.25) is 0 Å². The van der Waals surface area contributed by atoms with Gasteiger partial charge in [-0.1, -0.05) is 12.1 Å². The number of aromatic nitrogens is 4. The van der Waals surface area contributed by atoms with Crippen LogP contribution in [0.5, 0.6) is 0 Å². The van der Waals surface area contributed by atoms with Gasteiger partial charge in [-0.2, -0.15) is 0 Å². The van der Waals surface area contributed by atoms with Gasteiger partial charge in [0, 0.05) is 37.3 Å². The molecule has 0 saturated carbocycles. The SMILES string of the molecule is Cn1cncc1-c1ccc2cnc(NC(=O)C3CNC3)nc2c1. The molecular formula is C16H16N6O. The molecule has 1 aromatic carbocycles. The fraction of sp³-hybridized carbons (Fsp3) is 0.250. The minimum absolute atomic E-state index is 0.00933. The highest BCUT2D eigenvalue weighted by Crippen LogP contribution is 2.23. The zero-order chi connectivity index (χ0) is 15.8. The standard InChI is InChI=1S/C16H16N6O/c1-22-9-18-8-14(22)10-2-3-11-7-19-16(20-13(11)4-10)21-15(23)12-5-17-6-12/h2-4,7-9,12,17H,5-6H2,1H3,(H,19,20,21,23). The minimum Gasteiger partial charge on any atom is -0.334 e. The summed E-state index contributed by atoms with van der Waals surface area (Å²) in [5.41, 5.74) is 2.83. The van der Waals surface area contributed by atoms with Crippen molar-refractivity contribution in [1.29, 1.82) is 0 Å². The topological polar surface area (TPSA) is 84.7 Å². The summed E-state index contributed by atoms with van der Waals surface area (Å²) >= 11 is 0. The van der Waals surface area contributed by atoms with E-state index in [1.165, 1.54) is 0 Å². The molecule has 116 valence electrons. The van der Waals surface area contributed by atoms with Crippen LogP contribution in [0.15, 0.2) is 36.9 Å². The summed E-state index contributed by atoms with van der Waals surface area (Å²) < 4.78 is 1.95. The monoisotopic (exact) mass is 308 g/mol. The Bertz CT molecular complexity index is 883. The molecule has 3 aromatic rings. The first kappa shape index (κ1) is 13.8. The van der Waals surface area contributed by atoms with Crippen molar-refractivity contribution in [3.8, 4) is 11.3 Å². The van der Waals surface area contributed by atoms with Crippen LogP contribution in [0.25, 0.3) is 22.2 Å². The van der Waals surface area contributed by atoms with Gasteiger partial charge in [0.15, 0.2) is 0 Å². The van der Waals surface area contributed by atoms with Crippen LogP contribution in [-0.4, -0.2) is 38.5 Å². The Morgan fingerprint density at radius 2 is 2.22 bits per heavy atom. The molecule has 0 spiro atoms. The maximum absolute atomic E-state index is 12.0. The summed E-state index contributed by atoms with van der Waals surface area (Å²) in [5.74, 6) is 0.317. The molecule has 1 fully saturated rings. The molecular weight excluding hydrogens is 292 g/mol. The van der Waals surface area contributed by atoms with Crippen LogP contribution < -0.4 is 10.6 Å². The minimum atomic E-state index is -0.0362. The van der Waals surface area contributed by atoms with Gasteiger partial charge >= 0.3 is 0 Å². The average Bonchev–Trinajstić information content (AvgIpc) is 2.91. The lowest BCUT2D eigenvalue weighted by Gasteiger charge is -2.25. The van der Waals surface area contributed by atoms with Crippen molar-refractivity contribution in [2.75, 3.05) is 18.4 Å². The second-order valence-corrected chi connectivity index (χ2v) is 5.70. The number of anilines is 1. The molecule has 0 unspecified atom stereocenters. The van der Waals surface area contributed by atoms with E-state index in [-0.39, 0.29) is 11.8 Å². The van der Waals surface area contributed by atoms with Gasteiger partial charge in [0.2, 0.25) is 11.9 Å². The van der Waals surface area contributed by atoms with E-state index in [1.54, 1.807) is 12.5 Å². The van der Waals surface area contributed by atoms with Gasteiger partial charge in [0.25, 0.3) is 0 Å². The predicted octanol–water partition coefficient (Wildman–Crippen LogP) is 1.19. The highest BCUT2D eigenvalue weighted by molar-refractivity contribution is 5.93. The zero-order valence-electron chi connectivity index (χ0n) is 12.7. The van der Waals surface area contributed by atoms with Gasteiger partial charge in [-0.3, -0.25) is 10.1 Å². The van der Waals surface area contributed by atoms with Gasteiger partial charge in [-0.25, -0.2) is 15.0 Å². The molecule has 2 N–H and O–H groups in total. The van der Waals surface area contributed by atoms with E-state index in [9.17, 15) is 4.79 Å². The molecule has 23 heavy (non-hydrogen) atoms. The van der Waals surface area contributed by atoms with Crippen molar-refractivity contribution in [2.45, 2.75) is 0 Å². The van der Waals surface area contributed by atoms with Crippen LogP contribution in [0.3, 0.4) is 0 Å². The van der Waals surface area contributed by atoms with E-state index >= 15 is 0 Å². The number of aryl methyl sites for hydroxylation is 1. The second kappa shape index (κ2) is 5.44. The number of fused-ring (bicyclic) bond motifs is 1. The predicted molar refractivity (Wildman–Crippen MR) is 86.7 cm³/mol. The summed E-state index contributed by atoms with van der Waals surface area (Å²) in [5, 5.41) is 6.79. The maximum atomic E-state index is 12.0. The molecule has 1 aliphatic rings. The van der Waals surface area contributed by atoms with Gasteiger partial charge < -0.3 is 9.88 Å². The third-order valence-electron chi connectivity index (χ3n) is 4.08. The van der Waals surface area contributed by atoms with Gasteiger partial charge in [0.05, 0.1) is 29.7 Å². The van der Waals surface area contributed by atoms with Crippen LogP contribution >= 0.6 is 0 Å². The van der Waals surface area contributed by atoms with Crippen molar-refractivity contribution in [3.63, 3.8) is 0 Å². The molecule has 0 radical (unpaired) electrons. The van der Waals surface area contributed by atoms with Gasteiger partial charge in [-0.05, 0) is 6.07 Å². The Hall–Kier alpha value is -2.80. The Morgan fingerprint density at radius 1 is 1.35 bits per heavy atom. The van der Waals surface area contributed by atoms with Crippen LogP contribution in [0.1, 0.15) is 0 Å². The van der Waals surface area contributed by atoms with E-state index in [0.29, 0.717) is 19.0 Å². The van der Waals surface area contributed by atoms with E-state index in [0.717, 1.165) is 22.2 Å². The molecule has 4 rings (SSSR count). The largest absolute Gasteiger partial charge is 0.334 e. The molecule has 0 aliphatic carbocycles. The second-order valence-electron chi connectivity index (χ2n) is 5.70. The number of amides is 1. The lowest BCUT2D eigenvalue weighted by Crippen LogP contribution is -2.48. The number of nitrogens with one attached hydrogen (secondary N) is 2. The fourth-order valence-corrected chi connectivity index (χ4v) is 2.56. The Balaban J connectivity index is 1.66. The Labute approximate surface area is 132 Å². The molecule has 1 saturated heterocycles. The van der Waals surface area contributed by atoms with Crippen molar-refractivity contribution < 1.29 is 4.79 Å². The summed E-state index contributed by atoms with van der Waals surface area (Å²) in [6.07, 6.45) is 5.30. The molecule has 2 aromatic heterocycles. The van der Waals surface area contributed by atoms with Crippen molar-refractivity contribution in [3.05, 3.63) is 36.9 Å². The van der Waals surface area contributed by atoms with Crippen LogP contribution in [0.4, 0.5) is 5.95 Å². The summed E-state index contributed by atoms with van der Waals surface area (Å²) in [6, 6.07) is 5.97. The molecule has 7 nitrogen and oxygen atoms in total. The van der Waals surface area contributed by atoms with Gasteiger partial charge in [0.1, 0.15) is 0 Å². The quantitative estimate of drug-likeness (QED) is 0.759. The van der Waals surface area contributed by atoms with Crippen LogP contribution in [-0.2, 0) is 11.8 Å². The van der Waals surface area contributed by atoms with Gasteiger partial charge in [-0.15, -0.1) is 0 Å². The lowest BCUT2D eigenvalue weighted by molar-refractivity contribution is -0.121. The number of carbonyl (C=O) groups excluding carboxylic acids is 1. The number of benzene rings is 1. The molecule has 7 heteroatoms.